The lowest BCUT2D eigenvalue weighted by molar-refractivity contribution is 0.162. The summed E-state index contributed by atoms with van der Waals surface area (Å²) < 4.78 is 0. The van der Waals surface area contributed by atoms with Gasteiger partial charge in [0.2, 0.25) is 0 Å². The molecule has 0 aromatic heterocycles. The van der Waals surface area contributed by atoms with Gasteiger partial charge in [0.15, 0.2) is 0 Å². The monoisotopic (exact) mass is 298 g/mol. The lowest BCUT2D eigenvalue weighted by Crippen LogP contribution is -2.52. The van der Waals surface area contributed by atoms with Gasteiger partial charge >= 0.3 is 0 Å². The van der Waals surface area contributed by atoms with Crippen LogP contribution in [0.4, 0.5) is 0 Å². The Morgan fingerprint density at radius 3 is 2.60 bits per heavy atom. The van der Waals surface area contributed by atoms with Crippen molar-refractivity contribution in [1.82, 2.24) is 10.2 Å². The summed E-state index contributed by atoms with van der Waals surface area (Å²) in [5, 5.41) is 3.90. The van der Waals surface area contributed by atoms with E-state index >= 15 is 0 Å². The first-order chi connectivity index (χ1) is 9.85. The summed E-state index contributed by atoms with van der Waals surface area (Å²) in [4.78, 5) is 2.76. The van der Waals surface area contributed by atoms with Crippen molar-refractivity contribution in [3.05, 3.63) is 0 Å². The minimum Gasteiger partial charge on any atom is -0.310 e. The fraction of sp³-hybridized carbons (Fsp3) is 1.00. The molecule has 1 saturated heterocycles. The molecular formula is C17H34N2S. The zero-order valence-electron chi connectivity index (χ0n) is 13.5. The van der Waals surface area contributed by atoms with E-state index in [4.69, 9.17) is 0 Å². The molecule has 1 aliphatic carbocycles. The number of hydrogen-bond donors (Lipinski definition) is 1. The van der Waals surface area contributed by atoms with Gasteiger partial charge in [0.1, 0.15) is 0 Å². The molecule has 2 aliphatic rings. The van der Waals surface area contributed by atoms with Crippen LogP contribution in [-0.4, -0.2) is 48.6 Å². The van der Waals surface area contributed by atoms with Crippen LogP contribution >= 0.6 is 11.8 Å². The van der Waals surface area contributed by atoms with Gasteiger partial charge in [0, 0.05) is 12.1 Å². The van der Waals surface area contributed by atoms with Gasteiger partial charge in [-0.3, -0.25) is 0 Å². The van der Waals surface area contributed by atoms with Crippen molar-refractivity contribution >= 4 is 11.8 Å². The van der Waals surface area contributed by atoms with Crippen LogP contribution in [0.2, 0.25) is 0 Å². The highest BCUT2D eigenvalue weighted by molar-refractivity contribution is 7.98. The first-order valence-corrected chi connectivity index (χ1v) is 10.2. The second-order valence-corrected chi connectivity index (χ2v) is 7.79. The maximum atomic E-state index is 3.90. The molecule has 20 heavy (non-hydrogen) atoms. The van der Waals surface area contributed by atoms with Crippen molar-refractivity contribution in [2.45, 2.75) is 69.7 Å². The Morgan fingerprint density at radius 2 is 1.80 bits per heavy atom. The molecule has 1 aliphatic heterocycles. The molecule has 2 rings (SSSR count). The molecular weight excluding hydrogens is 264 g/mol. The average Bonchev–Trinajstić information content (AvgIpc) is 2.66. The van der Waals surface area contributed by atoms with Gasteiger partial charge in [0.05, 0.1) is 0 Å². The van der Waals surface area contributed by atoms with Crippen molar-refractivity contribution in [1.29, 1.82) is 0 Å². The maximum absolute atomic E-state index is 3.90. The van der Waals surface area contributed by atoms with Crippen LogP contribution in [-0.2, 0) is 0 Å². The van der Waals surface area contributed by atoms with E-state index in [0.29, 0.717) is 5.54 Å². The predicted octanol–water partition coefficient (Wildman–Crippen LogP) is 3.91. The second-order valence-electron chi connectivity index (χ2n) is 6.80. The predicted molar refractivity (Wildman–Crippen MR) is 91.7 cm³/mol. The van der Waals surface area contributed by atoms with Gasteiger partial charge in [-0.2, -0.15) is 11.8 Å². The third kappa shape index (κ3) is 5.57. The number of unbranched alkanes of at least 4 members (excludes halogenated alkanes) is 3. The smallest absolute Gasteiger partial charge is 0.0308 e. The molecule has 2 fully saturated rings. The fourth-order valence-electron chi connectivity index (χ4n) is 3.91. The van der Waals surface area contributed by atoms with Crippen molar-refractivity contribution < 1.29 is 0 Å². The van der Waals surface area contributed by atoms with E-state index in [9.17, 15) is 0 Å². The molecule has 1 spiro atoms. The summed E-state index contributed by atoms with van der Waals surface area (Å²) in [6, 6.07) is 0. The topological polar surface area (TPSA) is 15.3 Å². The number of nitrogens with zero attached hydrogens (tertiary/aromatic N) is 1. The Hall–Kier alpha value is 0.270. The second kappa shape index (κ2) is 9.32. The minimum atomic E-state index is 0.480. The lowest BCUT2D eigenvalue weighted by Gasteiger charge is -2.40. The van der Waals surface area contributed by atoms with Crippen LogP contribution in [0, 0.1) is 0 Å². The number of rotatable bonds is 7. The van der Waals surface area contributed by atoms with E-state index in [0.717, 1.165) is 0 Å². The highest BCUT2D eigenvalue weighted by Crippen LogP contribution is 2.30. The standard InChI is InChI=1S/C17H34N2S/c1-20-15-8-3-2-7-13-19-14-9-12-18-17(16-19)10-5-4-6-11-17/h18H,2-16H2,1H3. The van der Waals surface area contributed by atoms with E-state index in [2.05, 4.69) is 16.5 Å². The summed E-state index contributed by atoms with van der Waals surface area (Å²) in [5.41, 5.74) is 0.480. The van der Waals surface area contributed by atoms with Crippen LogP contribution in [0.5, 0.6) is 0 Å². The summed E-state index contributed by atoms with van der Waals surface area (Å²) in [6.07, 6.45) is 16.4. The Balaban J connectivity index is 1.67. The van der Waals surface area contributed by atoms with Gasteiger partial charge in [-0.15, -0.1) is 0 Å². The molecule has 1 saturated carbocycles. The zero-order valence-corrected chi connectivity index (χ0v) is 14.3. The van der Waals surface area contributed by atoms with Crippen LogP contribution in [0.3, 0.4) is 0 Å². The van der Waals surface area contributed by atoms with Crippen molar-refractivity contribution in [2.24, 2.45) is 0 Å². The minimum absolute atomic E-state index is 0.480. The molecule has 0 unspecified atom stereocenters. The zero-order chi connectivity index (χ0) is 14.1. The average molecular weight is 299 g/mol. The van der Waals surface area contributed by atoms with Crippen LogP contribution < -0.4 is 5.32 Å². The van der Waals surface area contributed by atoms with E-state index < -0.39 is 0 Å². The van der Waals surface area contributed by atoms with E-state index in [1.165, 1.54) is 96.1 Å². The normalized spacial score (nSPS) is 23.9. The maximum Gasteiger partial charge on any atom is 0.0308 e. The van der Waals surface area contributed by atoms with Crippen LogP contribution in [0.25, 0.3) is 0 Å². The summed E-state index contributed by atoms with van der Waals surface area (Å²) >= 11 is 1.99. The number of thioether (sulfide) groups is 1. The van der Waals surface area contributed by atoms with Gasteiger partial charge < -0.3 is 10.2 Å². The fourth-order valence-corrected chi connectivity index (χ4v) is 4.40. The summed E-state index contributed by atoms with van der Waals surface area (Å²) in [5.74, 6) is 1.34. The molecule has 1 heterocycles. The SMILES string of the molecule is CSCCCCCCN1CCCNC2(CCCCC2)C1. The third-order valence-electron chi connectivity index (χ3n) is 5.06. The van der Waals surface area contributed by atoms with Crippen molar-refractivity contribution in [2.75, 3.05) is 38.2 Å². The molecule has 0 radical (unpaired) electrons. The van der Waals surface area contributed by atoms with E-state index in [-0.39, 0.29) is 0 Å². The highest BCUT2D eigenvalue weighted by Gasteiger charge is 2.34. The van der Waals surface area contributed by atoms with Crippen LogP contribution in [0.15, 0.2) is 0 Å². The van der Waals surface area contributed by atoms with Crippen LogP contribution in [0.1, 0.15) is 64.2 Å². The molecule has 0 aromatic carbocycles. The number of hydrogen-bond acceptors (Lipinski definition) is 3. The largest absolute Gasteiger partial charge is 0.310 e. The Labute approximate surface area is 130 Å². The quantitative estimate of drug-likeness (QED) is 0.717. The molecule has 0 bridgehead atoms. The molecule has 0 aromatic rings. The Kier molecular flexibility index (Phi) is 7.75. The highest BCUT2D eigenvalue weighted by atomic mass is 32.2. The Bertz CT molecular complexity index is 251. The number of nitrogens with one attached hydrogen (secondary N) is 1. The first kappa shape index (κ1) is 16.6. The summed E-state index contributed by atoms with van der Waals surface area (Å²) in [6.45, 7) is 5.21. The molecule has 1 N–H and O–H groups in total. The molecule has 2 nitrogen and oxygen atoms in total. The molecule has 0 amide bonds. The van der Waals surface area contributed by atoms with Gasteiger partial charge in [-0.25, -0.2) is 0 Å². The van der Waals surface area contributed by atoms with Gasteiger partial charge in [-0.05, 0) is 63.7 Å². The van der Waals surface area contributed by atoms with Gasteiger partial charge in [-0.1, -0.05) is 32.1 Å². The molecule has 0 atom stereocenters. The van der Waals surface area contributed by atoms with E-state index in [1.807, 2.05) is 11.8 Å². The first-order valence-electron chi connectivity index (χ1n) is 8.81. The third-order valence-corrected chi connectivity index (χ3v) is 5.76. The van der Waals surface area contributed by atoms with Crippen molar-refractivity contribution in [3.63, 3.8) is 0 Å². The van der Waals surface area contributed by atoms with Gasteiger partial charge in [0.25, 0.3) is 0 Å². The summed E-state index contributed by atoms with van der Waals surface area (Å²) in [7, 11) is 0. The van der Waals surface area contributed by atoms with Crippen molar-refractivity contribution in [3.8, 4) is 0 Å². The Morgan fingerprint density at radius 1 is 1.00 bits per heavy atom. The molecule has 118 valence electrons. The van der Waals surface area contributed by atoms with E-state index in [1.54, 1.807) is 0 Å². The molecule has 3 heteroatoms. The lowest BCUT2D eigenvalue weighted by atomic mass is 9.81.